The highest BCUT2D eigenvalue weighted by atomic mass is 32.1. The van der Waals surface area contributed by atoms with E-state index in [9.17, 15) is 4.79 Å². The van der Waals surface area contributed by atoms with Gasteiger partial charge in [-0.05, 0) is 36.4 Å². The van der Waals surface area contributed by atoms with E-state index in [4.69, 9.17) is 0 Å². The van der Waals surface area contributed by atoms with Crippen molar-refractivity contribution in [1.82, 2.24) is 25.7 Å². The summed E-state index contributed by atoms with van der Waals surface area (Å²) in [5.74, 6) is 0. The van der Waals surface area contributed by atoms with E-state index in [0.717, 1.165) is 25.2 Å². The van der Waals surface area contributed by atoms with E-state index in [1.165, 1.54) is 10.4 Å². The molecular weight excluding hydrogens is 298 g/mol. The van der Waals surface area contributed by atoms with Crippen LogP contribution < -0.4 is 10.6 Å². The number of rotatable bonds is 5. The summed E-state index contributed by atoms with van der Waals surface area (Å²) in [7, 11) is 0. The summed E-state index contributed by atoms with van der Waals surface area (Å²) in [5, 5.41) is 14.6. The van der Waals surface area contributed by atoms with Gasteiger partial charge < -0.3 is 10.6 Å². The van der Waals surface area contributed by atoms with Gasteiger partial charge in [-0.25, -0.2) is 4.79 Å². The third-order valence-corrected chi connectivity index (χ3v) is 5.04. The molecule has 1 aliphatic heterocycles. The van der Waals surface area contributed by atoms with Gasteiger partial charge >= 0.3 is 6.03 Å². The third kappa shape index (κ3) is 3.66. The van der Waals surface area contributed by atoms with Gasteiger partial charge in [0.25, 0.3) is 0 Å². The van der Waals surface area contributed by atoms with Crippen LogP contribution >= 0.6 is 11.3 Å². The van der Waals surface area contributed by atoms with Gasteiger partial charge in [0, 0.05) is 36.8 Å². The molecule has 0 unspecified atom stereocenters. The molecule has 3 rings (SSSR count). The average Bonchev–Trinajstić information content (AvgIpc) is 3.20. The van der Waals surface area contributed by atoms with Crippen LogP contribution in [0.15, 0.2) is 23.7 Å². The van der Waals surface area contributed by atoms with Gasteiger partial charge in [0.1, 0.15) is 0 Å². The first-order valence-electron chi connectivity index (χ1n) is 7.51. The maximum absolute atomic E-state index is 11.8. The van der Waals surface area contributed by atoms with Crippen molar-refractivity contribution in [2.75, 3.05) is 13.1 Å². The van der Waals surface area contributed by atoms with Gasteiger partial charge in [0.2, 0.25) is 0 Å². The summed E-state index contributed by atoms with van der Waals surface area (Å²) in [6.45, 7) is 5.31. The highest BCUT2D eigenvalue weighted by Gasteiger charge is 2.21. The fraction of sp³-hybridized carbons (Fsp3) is 0.467. The standard InChI is InChI=1S/C15H21N5OS/c1-11(20-6-3-14-12(10-20)4-7-22-14)8-16-15(21)17-9-13-2-5-18-19-13/h2,4-5,7,11H,3,6,8-10H2,1H3,(H,18,19)(H2,16,17,21)/t11-/m1/s1. The number of amides is 2. The molecule has 0 radical (unpaired) electrons. The molecule has 0 bridgehead atoms. The van der Waals surface area contributed by atoms with Crippen LogP contribution in [0.3, 0.4) is 0 Å². The molecule has 1 aliphatic rings. The molecule has 3 N–H and O–H groups in total. The van der Waals surface area contributed by atoms with Crippen molar-refractivity contribution in [2.24, 2.45) is 0 Å². The highest BCUT2D eigenvalue weighted by molar-refractivity contribution is 7.10. The third-order valence-electron chi connectivity index (χ3n) is 4.02. The molecule has 2 aromatic heterocycles. The minimum absolute atomic E-state index is 0.144. The summed E-state index contributed by atoms with van der Waals surface area (Å²) >= 11 is 1.85. The number of nitrogens with one attached hydrogen (secondary N) is 3. The number of carbonyl (C=O) groups is 1. The topological polar surface area (TPSA) is 73.0 Å². The minimum Gasteiger partial charge on any atom is -0.337 e. The zero-order chi connectivity index (χ0) is 15.4. The fourth-order valence-corrected chi connectivity index (χ4v) is 3.53. The molecule has 0 saturated carbocycles. The first kappa shape index (κ1) is 15.1. The lowest BCUT2D eigenvalue weighted by molar-refractivity contribution is 0.186. The molecule has 0 aliphatic carbocycles. The lowest BCUT2D eigenvalue weighted by Gasteiger charge is -2.32. The minimum atomic E-state index is -0.144. The van der Waals surface area contributed by atoms with Gasteiger partial charge in [-0.3, -0.25) is 10.00 Å². The largest absolute Gasteiger partial charge is 0.337 e. The Balaban J connectivity index is 1.40. The van der Waals surface area contributed by atoms with Crippen LogP contribution in [0, 0.1) is 0 Å². The molecule has 2 aromatic rings. The lowest BCUT2D eigenvalue weighted by atomic mass is 10.1. The number of aromatic amines is 1. The number of urea groups is 1. The Bertz CT molecular complexity index is 609. The first-order valence-corrected chi connectivity index (χ1v) is 8.39. The van der Waals surface area contributed by atoms with Crippen molar-refractivity contribution < 1.29 is 4.79 Å². The van der Waals surface area contributed by atoms with Gasteiger partial charge in [0.15, 0.2) is 0 Å². The van der Waals surface area contributed by atoms with E-state index in [1.54, 1.807) is 6.20 Å². The normalized spacial score (nSPS) is 16.0. The van der Waals surface area contributed by atoms with Crippen molar-refractivity contribution in [3.63, 3.8) is 0 Å². The second kappa shape index (κ2) is 6.93. The molecule has 0 fully saturated rings. The summed E-state index contributed by atoms with van der Waals surface area (Å²) in [6.07, 6.45) is 2.79. The maximum Gasteiger partial charge on any atom is 0.315 e. The smallest absolute Gasteiger partial charge is 0.315 e. The Morgan fingerprint density at radius 3 is 3.23 bits per heavy atom. The number of thiophene rings is 1. The molecule has 0 saturated heterocycles. The fourth-order valence-electron chi connectivity index (χ4n) is 2.64. The second-order valence-corrected chi connectivity index (χ2v) is 6.58. The van der Waals surface area contributed by atoms with Crippen LogP contribution in [0.4, 0.5) is 4.79 Å². The molecular formula is C15H21N5OS. The highest BCUT2D eigenvalue weighted by Crippen LogP contribution is 2.24. The zero-order valence-electron chi connectivity index (χ0n) is 12.6. The Morgan fingerprint density at radius 2 is 2.41 bits per heavy atom. The Labute approximate surface area is 133 Å². The van der Waals surface area contributed by atoms with Gasteiger partial charge in [-0.2, -0.15) is 5.10 Å². The molecule has 0 spiro atoms. The summed E-state index contributed by atoms with van der Waals surface area (Å²) in [6, 6.07) is 4.24. The Morgan fingerprint density at radius 1 is 1.50 bits per heavy atom. The van der Waals surface area contributed by atoms with Crippen molar-refractivity contribution in [3.05, 3.63) is 39.8 Å². The van der Waals surface area contributed by atoms with Crippen LogP contribution in [0.1, 0.15) is 23.1 Å². The van der Waals surface area contributed by atoms with E-state index in [0.29, 0.717) is 19.1 Å². The molecule has 118 valence electrons. The Hall–Kier alpha value is -1.86. The van der Waals surface area contributed by atoms with E-state index in [1.807, 2.05) is 17.4 Å². The monoisotopic (exact) mass is 319 g/mol. The van der Waals surface area contributed by atoms with Crippen LogP contribution in [-0.4, -0.2) is 40.3 Å². The summed E-state index contributed by atoms with van der Waals surface area (Å²) < 4.78 is 0. The van der Waals surface area contributed by atoms with Crippen LogP contribution in [0.5, 0.6) is 0 Å². The summed E-state index contributed by atoms with van der Waals surface area (Å²) in [5.41, 5.74) is 2.33. The number of hydrogen-bond acceptors (Lipinski definition) is 4. The molecule has 6 nitrogen and oxygen atoms in total. The number of aromatic nitrogens is 2. The number of hydrogen-bond donors (Lipinski definition) is 3. The molecule has 3 heterocycles. The van der Waals surface area contributed by atoms with E-state index < -0.39 is 0 Å². The van der Waals surface area contributed by atoms with E-state index in [-0.39, 0.29) is 6.03 Å². The van der Waals surface area contributed by atoms with Crippen molar-refractivity contribution in [3.8, 4) is 0 Å². The van der Waals surface area contributed by atoms with Crippen LogP contribution in [0.2, 0.25) is 0 Å². The quantitative estimate of drug-likeness (QED) is 0.785. The van der Waals surface area contributed by atoms with Crippen LogP contribution in [-0.2, 0) is 19.5 Å². The number of carbonyl (C=O) groups excluding carboxylic acids is 1. The molecule has 2 amide bonds. The van der Waals surface area contributed by atoms with Gasteiger partial charge in [-0.15, -0.1) is 11.3 Å². The summed E-state index contributed by atoms with van der Waals surface area (Å²) in [4.78, 5) is 15.7. The first-order chi connectivity index (χ1) is 10.7. The molecule has 7 heteroatoms. The van der Waals surface area contributed by atoms with Gasteiger partial charge in [-0.1, -0.05) is 0 Å². The van der Waals surface area contributed by atoms with Crippen molar-refractivity contribution in [1.29, 1.82) is 0 Å². The number of H-pyrrole nitrogens is 1. The van der Waals surface area contributed by atoms with Crippen molar-refractivity contribution >= 4 is 17.4 Å². The maximum atomic E-state index is 11.8. The SMILES string of the molecule is C[C@H](CNC(=O)NCc1ccn[nH]1)N1CCc2sccc2C1. The zero-order valence-corrected chi connectivity index (χ0v) is 13.4. The van der Waals surface area contributed by atoms with Gasteiger partial charge in [0.05, 0.1) is 12.2 Å². The second-order valence-electron chi connectivity index (χ2n) is 5.58. The number of nitrogens with zero attached hydrogens (tertiary/aromatic N) is 2. The predicted octanol–water partition coefficient (Wildman–Crippen LogP) is 1.72. The van der Waals surface area contributed by atoms with Crippen molar-refractivity contribution in [2.45, 2.75) is 32.5 Å². The van der Waals surface area contributed by atoms with Crippen LogP contribution in [0.25, 0.3) is 0 Å². The average molecular weight is 319 g/mol. The molecule has 1 atom stereocenters. The molecule has 22 heavy (non-hydrogen) atoms. The van der Waals surface area contributed by atoms with E-state index in [2.05, 4.69) is 44.1 Å². The Kier molecular flexibility index (Phi) is 4.74. The number of fused-ring (bicyclic) bond motifs is 1. The van der Waals surface area contributed by atoms with E-state index >= 15 is 0 Å². The lowest BCUT2D eigenvalue weighted by Crippen LogP contribution is -2.46. The molecule has 0 aromatic carbocycles. The predicted molar refractivity (Wildman–Crippen MR) is 86.7 cm³/mol.